The minimum atomic E-state index is -0.0941. The Labute approximate surface area is 94.0 Å². The molecular formula is C12H15N3O. The van der Waals surface area contributed by atoms with Gasteiger partial charge >= 0.3 is 0 Å². The SMILES string of the molecule is CCn1c(=O)cnc2ccc(C(C)C)nc21. The van der Waals surface area contributed by atoms with E-state index in [1.165, 1.54) is 6.20 Å². The second kappa shape index (κ2) is 4.04. The molecule has 0 amide bonds. The van der Waals surface area contributed by atoms with E-state index in [0.717, 1.165) is 11.2 Å². The van der Waals surface area contributed by atoms with Crippen LogP contribution in [0.4, 0.5) is 0 Å². The van der Waals surface area contributed by atoms with Crippen molar-refractivity contribution in [3.05, 3.63) is 34.4 Å². The van der Waals surface area contributed by atoms with Crippen molar-refractivity contribution in [2.24, 2.45) is 0 Å². The first-order valence-electron chi connectivity index (χ1n) is 5.50. The molecule has 0 N–H and O–H groups in total. The maximum absolute atomic E-state index is 11.6. The number of rotatable bonds is 2. The Bertz CT molecular complexity index is 572. The number of hydrogen-bond donors (Lipinski definition) is 0. The van der Waals surface area contributed by atoms with Crippen molar-refractivity contribution < 1.29 is 0 Å². The molecule has 0 aliphatic carbocycles. The molecule has 0 atom stereocenters. The summed E-state index contributed by atoms with van der Waals surface area (Å²) < 4.78 is 1.65. The highest BCUT2D eigenvalue weighted by Crippen LogP contribution is 2.14. The first-order chi connectivity index (χ1) is 7.63. The first-order valence-corrected chi connectivity index (χ1v) is 5.50. The van der Waals surface area contributed by atoms with E-state index in [1.54, 1.807) is 4.57 Å². The van der Waals surface area contributed by atoms with Crippen LogP contribution in [0.3, 0.4) is 0 Å². The minimum absolute atomic E-state index is 0.0941. The third-order valence-corrected chi connectivity index (χ3v) is 2.62. The van der Waals surface area contributed by atoms with Crippen LogP contribution in [0.5, 0.6) is 0 Å². The summed E-state index contributed by atoms with van der Waals surface area (Å²) in [6.07, 6.45) is 1.35. The lowest BCUT2D eigenvalue weighted by molar-refractivity contribution is 0.733. The molecule has 16 heavy (non-hydrogen) atoms. The fourth-order valence-electron chi connectivity index (χ4n) is 1.68. The Morgan fingerprint density at radius 1 is 1.38 bits per heavy atom. The zero-order chi connectivity index (χ0) is 11.7. The number of nitrogens with zero attached hydrogens (tertiary/aromatic N) is 3. The van der Waals surface area contributed by atoms with Crippen molar-refractivity contribution in [2.45, 2.75) is 33.2 Å². The molecule has 0 aliphatic rings. The highest BCUT2D eigenvalue weighted by molar-refractivity contribution is 5.69. The highest BCUT2D eigenvalue weighted by Gasteiger charge is 2.07. The quantitative estimate of drug-likeness (QED) is 0.772. The summed E-state index contributed by atoms with van der Waals surface area (Å²) in [5, 5.41) is 0. The second-order valence-corrected chi connectivity index (χ2v) is 4.07. The zero-order valence-corrected chi connectivity index (χ0v) is 9.77. The predicted molar refractivity (Wildman–Crippen MR) is 63.6 cm³/mol. The van der Waals surface area contributed by atoms with Crippen molar-refractivity contribution in [3.63, 3.8) is 0 Å². The molecule has 84 valence electrons. The highest BCUT2D eigenvalue weighted by atomic mass is 16.1. The molecule has 0 saturated carbocycles. The lowest BCUT2D eigenvalue weighted by Gasteiger charge is -2.09. The lowest BCUT2D eigenvalue weighted by atomic mass is 10.1. The Morgan fingerprint density at radius 3 is 2.75 bits per heavy atom. The smallest absolute Gasteiger partial charge is 0.270 e. The molecule has 0 fully saturated rings. The van der Waals surface area contributed by atoms with E-state index in [4.69, 9.17) is 0 Å². The van der Waals surface area contributed by atoms with Crippen molar-refractivity contribution >= 4 is 11.2 Å². The molecule has 2 heterocycles. The van der Waals surface area contributed by atoms with Crippen LogP contribution in [-0.2, 0) is 6.54 Å². The van der Waals surface area contributed by atoms with Crippen LogP contribution < -0.4 is 5.56 Å². The average Bonchev–Trinajstić information content (AvgIpc) is 2.28. The van der Waals surface area contributed by atoms with Crippen LogP contribution in [0.25, 0.3) is 11.2 Å². The van der Waals surface area contributed by atoms with Gasteiger partial charge in [-0.15, -0.1) is 0 Å². The summed E-state index contributed by atoms with van der Waals surface area (Å²) in [6, 6.07) is 3.88. The fourth-order valence-corrected chi connectivity index (χ4v) is 1.68. The van der Waals surface area contributed by atoms with Gasteiger partial charge in [-0.2, -0.15) is 0 Å². The molecule has 0 bridgehead atoms. The second-order valence-electron chi connectivity index (χ2n) is 4.07. The molecule has 0 spiro atoms. The zero-order valence-electron chi connectivity index (χ0n) is 9.77. The summed E-state index contributed by atoms with van der Waals surface area (Å²) in [7, 11) is 0. The van der Waals surface area contributed by atoms with E-state index in [-0.39, 0.29) is 5.56 Å². The first kappa shape index (κ1) is 10.8. The van der Waals surface area contributed by atoms with Gasteiger partial charge in [0.1, 0.15) is 5.52 Å². The van der Waals surface area contributed by atoms with Crippen molar-refractivity contribution in [3.8, 4) is 0 Å². The molecule has 0 aliphatic heterocycles. The van der Waals surface area contributed by atoms with Crippen LogP contribution in [0.15, 0.2) is 23.1 Å². The molecule has 0 radical (unpaired) electrons. The molecule has 0 unspecified atom stereocenters. The molecule has 2 rings (SSSR count). The van der Waals surface area contributed by atoms with Crippen LogP contribution >= 0.6 is 0 Å². The van der Waals surface area contributed by atoms with E-state index in [1.807, 2.05) is 19.1 Å². The Hall–Kier alpha value is -1.71. The standard InChI is InChI=1S/C12H15N3O/c1-4-15-11(16)7-13-10-6-5-9(8(2)3)14-12(10)15/h5-8H,4H2,1-3H3. The van der Waals surface area contributed by atoms with E-state index in [0.29, 0.717) is 18.1 Å². The molecular weight excluding hydrogens is 202 g/mol. The number of aryl methyl sites for hydroxylation is 1. The van der Waals surface area contributed by atoms with Gasteiger partial charge in [-0.05, 0) is 25.0 Å². The van der Waals surface area contributed by atoms with Gasteiger partial charge in [0.2, 0.25) is 0 Å². The van der Waals surface area contributed by atoms with Crippen molar-refractivity contribution in [2.75, 3.05) is 0 Å². The summed E-state index contributed by atoms with van der Waals surface area (Å²) in [5.41, 5.74) is 2.34. The molecule has 2 aromatic rings. The molecule has 4 heteroatoms. The summed E-state index contributed by atoms with van der Waals surface area (Å²) in [5.74, 6) is 0.352. The van der Waals surface area contributed by atoms with E-state index in [9.17, 15) is 4.79 Å². The Morgan fingerprint density at radius 2 is 2.12 bits per heavy atom. The van der Waals surface area contributed by atoms with Gasteiger partial charge < -0.3 is 0 Å². The van der Waals surface area contributed by atoms with E-state index >= 15 is 0 Å². The average molecular weight is 217 g/mol. The number of aromatic nitrogens is 3. The van der Waals surface area contributed by atoms with Crippen LogP contribution in [-0.4, -0.2) is 14.5 Å². The third kappa shape index (κ3) is 1.71. The fraction of sp³-hybridized carbons (Fsp3) is 0.417. The van der Waals surface area contributed by atoms with Crippen LogP contribution in [0.2, 0.25) is 0 Å². The largest absolute Gasteiger partial charge is 0.290 e. The number of fused-ring (bicyclic) bond motifs is 1. The van der Waals surface area contributed by atoms with E-state index in [2.05, 4.69) is 23.8 Å². The normalized spacial score (nSPS) is 11.2. The topological polar surface area (TPSA) is 47.8 Å². The molecule has 0 aromatic carbocycles. The van der Waals surface area contributed by atoms with Crippen molar-refractivity contribution in [1.82, 2.24) is 14.5 Å². The third-order valence-electron chi connectivity index (χ3n) is 2.62. The Kier molecular flexibility index (Phi) is 2.73. The van der Waals surface area contributed by atoms with Gasteiger partial charge in [0.25, 0.3) is 5.56 Å². The number of hydrogen-bond acceptors (Lipinski definition) is 3. The van der Waals surface area contributed by atoms with Crippen LogP contribution in [0.1, 0.15) is 32.4 Å². The molecule has 4 nitrogen and oxygen atoms in total. The minimum Gasteiger partial charge on any atom is -0.290 e. The van der Waals surface area contributed by atoms with Gasteiger partial charge in [-0.1, -0.05) is 13.8 Å². The predicted octanol–water partition coefficient (Wildman–Crippen LogP) is 1.93. The number of pyridine rings is 1. The van der Waals surface area contributed by atoms with E-state index < -0.39 is 0 Å². The van der Waals surface area contributed by atoms with Crippen molar-refractivity contribution in [1.29, 1.82) is 0 Å². The van der Waals surface area contributed by atoms with Gasteiger partial charge in [0, 0.05) is 12.2 Å². The maximum Gasteiger partial charge on any atom is 0.270 e. The molecule has 0 saturated heterocycles. The summed E-state index contributed by atoms with van der Waals surface area (Å²) >= 11 is 0. The van der Waals surface area contributed by atoms with Gasteiger partial charge in [-0.25, -0.2) is 9.97 Å². The van der Waals surface area contributed by atoms with Gasteiger partial charge in [0.15, 0.2) is 5.65 Å². The monoisotopic (exact) mass is 217 g/mol. The summed E-state index contributed by atoms with van der Waals surface area (Å²) in [6.45, 7) is 6.72. The van der Waals surface area contributed by atoms with Gasteiger partial charge in [0.05, 0.1) is 6.20 Å². The lowest BCUT2D eigenvalue weighted by Crippen LogP contribution is -2.20. The summed E-state index contributed by atoms with van der Waals surface area (Å²) in [4.78, 5) is 20.2. The molecule has 2 aromatic heterocycles. The van der Waals surface area contributed by atoms with Gasteiger partial charge in [-0.3, -0.25) is 9.36 Å². The maximum atomic E-state index is 11.6. The van der Waals surface area contributed by atoms with Crippen LogP contribution in [0, 0.1) is 0 Å². The Balaban J connectivity index is 2.78.